The van der Waals surface area contributed by atoms with Crippen LogP contribution in [0.25, 0.3) is 12.2 Å². The summed E-state index contributed by atoms with van der Waals surface area (Å²) in [7, 11) is 1.58. The number of aromatic nitrogens is 1. The Labute approximate surface area is 178 Å². The minimum Gasteiger partial charge on any atom is -0.497 e. The molecule has 3 aromatic rings. The van der Waals surface area contributed by atoms with E-state index in [1.807, 2.05) is 45.0 Å². The molecule has 0 radical (unpaired) electrons. The third kappa shape index (κ3) is 4.94. The Balaban J connectivity index is 2.20. The molecule has 0 aliphatic heterocycles. The van der Waals surface area contributed by atoms with Crippen LogP contribution in [0, 0.1) is 11.2 Å². The van der Waals surface area contributed by atoms with Crippen molar-refractivity contribution in [1.82, 2.24) is 4.57 Å². The number of benzene rings is 2. The van der Waals surface area contributed by atoms with Gasteiger partial charge in [-0.15, -0.1) is 11.3 Å². The number of hydrogen-bond acceptors (Lipinski definition) is 4. The van der Waals surface area contributed by atoms with Gasteiger partial charge in [0.25, 0.3) is 5.56 Å². The van der Waals surface area contributed by atoms with Gasteiger partial charge in [0.1, 0.15) is 16.2 Å². The molecule has 3 rings (SSSR count). The number of halogens is 1. The predicted octanol–water partition coefficient (Wildman–Crippen LogP) is 3.33. The summed E-state index contributed by atoms with van der Waals surface area (Å²) < 4.78 is 21.9. The quantitative estimate of drug-likeness (QED) is 0.630. The molecular weight excluding hydrogens is 401 g/mol. The molecule has 0 saturated heterocycles. The summed E-state index contributed by atoms with van der Waals surface area (Å²) in [6.45, 7) is 5.52. The number of Topliss-reactive ketones (excluding diaryl/α,β-unsaturated/α-hetero) is 1. The van der Waals surface area contributed by atoms with Crippen molar-refractivity contribution in [2.24, 2.45) is 5.41 Å². The van der Waals surface area contributed by atoms with Crippen LogP contribution >= 0.6 is 11.3 Å². The van der Waals surface area contributed by atoms with Crippen LogP contribution in [-0.4, -0.2) is 17.5 Å². The van der Waals surface area contributed by atoms with E-state index in [9.17, 15) is 14.0 Å². The second-order valence-electron chi connectivity index (χ2n) is 7.97. The standard InChI is InChI=1S/C24H24FNO3S/c1-24(2,3)21(27)14-22-26(15-17-9-5-6-11-19(17)25)23(28)20(30-22)13-16-8-7-10-18(12-16)29-4/h5-14H,15H2,1-4H3/b20-13-,22-14+. The molecular formula is C24H24FNO3S. The summed E-state index contributed by atoms with van der Waals surface area (Å²) in [5.74, 6) is 0.197. The van der Waals surface area contributed by atoms with Crippen LogP contribution in [0.5, 0.6) is 5.75 Å². The lowest BCUT2D eigenvalue weighted by atomic mass is 9.91. The van der Waals surface area contributed by atoms with Crippen molar-refractivity contribution in [2.75, 3.05) is 7.11 Å². The van der Waals surface area contributed by atoms with Gasteiger partial charge in [-0.3, -0.25) is 14.2 Å². The van der Waals surface area contributed by atoms with Crippen molar-refractivity contribution < 1.29 is 13.9 Å². The topological polar surface area (TPSA) is 48.3 Å². The van der Waals surface area contributed by atoms with Crippen LogP contribution in [0.15, 0.2) is 53.3 Å². The largest absolute Gasteiger partial charge is 0.497 e. The van der Waals surface area contributed by atoms with E-state index >= 15 is 0 Å². The van der Waals surface area contributed by atoms with Crippen molar-refractivity contribution in [1.29, 1.82) is 0 Å². The first-order valence-electron chi connectivity index (χ1n) is 9.54. The van der Waals surface area contributed by atoms with Gasteiger partial charge in [-0.2, -0.15) is 0 Å². The van der Waals surface area contributed by atoms with Gasteiger partial charge in [-0.1, -0.05) is 51.1 Å². The monoisotopic (exact) mass is 425 g/mol. The van der Waals surface area contributed by atoms with Crippen LogP contribution in [0.1, 0.15) is 31.9 Å². The third-order valence-corrected chi connectivity index (χ3v) is 5.67. The SMILES string of the molecule is COc1cccc(/C=c2\s/c(=C/C(=O)C(C)(C)C)n(Cc3ccccc3F)c2=O)c1. The summed E-state index contributed by atoms with van der Waals surface area (Å²) >= 11 is 1.22. The first-order chi connectivity index (χ1) is 14.2. The summed E-state index contributed by atoms with van der Waals surface area (Å²) in [5.41, 5.74) is 0.348. The number of ether oxygens (including phenoxy) is 1. The Kier molecular flexibility index (Phi) is 6.37. The molecule has 4 nitrogen and oxygen atoms in total. The average Bonchev–Trinajstić information content (AvgIpc) is 2.98. The Hall–Kier alpha value is -2.99. The van der Waals surface area contributed by atoms with E-state index < -0.39 is 5.41 Å². The van der Waals surface area contributed by atoms with Gasteiger partial charge < -0.3 is 4.74 Å². The average molecular weight is 426 g/mol. The zero-order valence-electron chi connectivity index (χ0n) is 17.4. The molecule has 0 aliphatic carbocycles. The summed E-state index contributed by atoms with van der Waals surface area (Å²) in [6.07, 6.45) is 3.24. The van der Waals surface area contributed by atoms with Crippen molar-refractivity contribution >= 4 is 29.3 Å². The van der Waals surface area contributed by atoms with Gasteiger partial charge >= 0.3 is 0 Å². The van der Waals surface area contributed by atoms with Crippen molar-refractivity contribution in [2.45, 2.75) is 27.3 Å². The van der Waals surface area contributed by atoms with E-state index in [0.717, 1.165) is 5.56 Å². The summed E-state index contributed by atoms with van der Waals surface area (Å²) in [5, 5.41) is 0. The fourth-order valence-electron chi connectivity index (χ4n) is 2.80. The molecule has 0 aliphatic rings. The molecule has 1 aromatic heterocycles. The minimum atomic E-state index is -0.584. The molecule has 0 unspecified atom stereocenters. The fourth-order valence-corrected chi connectivity index (χ4v) is 3.84. The lowest BCUT2D eigenvalue weighted by molar-refractivity contribution is -0.120. The van der Waals surface area contributed by atoms with Crippen LogP contribution in [0.3, 0.4) is 0 Å². The van der Waals surface area contributed by atoms with Crippen LogP contribution in [0.2, 0.25) is 0 Å². The van der Waals surface area contributed by atoms with Crippen molar-refractivity contribution in [3.63, 3.8) is 0 Å². The molecule has 0 N–H and O–H groups in total. The first kappa shape index (κ1) is 21.7. The molecule has 0 fully saturated rings. The van der Waals surface area contributed by atoms with E-state index in [-0.39, 0.29) is 23.7 Å². The van der Waals surface area contributed by atoms with Gasteiger partial charge in [0.05, 0.1) is 18.2 Å². The number of nitrogens with zero attached hydrogens (tertiary/aromatic N) is 1. The van der Waals surface area contributed by atoms with Gasteiger partial charge in [0.15, 0.2) is 5.78 Å². The Bertz CT molecular complexity index is 1250. The van der Waals surface area contributed by atoms with Crippen molar-refractivity contribution in [3.8, 4) is 5.75 Å². The maximum absolute atomic E-state index is 14.2. The molecule has 1 heterocycles. The maximum Gasteiger partial charge on any atom is 0.269 e. The summed E-state index contributed by atoms with van der Waals surface area (Å²) in [6, 6.07) is 13.7. The highest BCUT2D eigenvalue weighted by Crippen LogP contribution is 2.15. The zero-order chi connectivity index (χ0) is 21.9. The Morgan fingerprint density at radius 2 is 1.90 bits per heavy atom. The highest BCUT2D eigenvalue weighted by molar-refractivity contribution is 7.07. The number of carbonyl (C=O) groups excluding carboxylic acids is 1. The molecule has 6 heteroatoms. The van der Waals surface area contributed by atoms with E-state index in [2.05, 4.69) is 0 Å². The zero-order valence-corrected chi connectivity index (χ0v) is 18.3. The molecule has 156 valence electrons. The normalized spacial score (nSPS) is 13.0. The smallest absolute Gasteiger partial charge is 0.269 e. The first-order valence-corrected chi connectivity index (χ1v) is 10.4. The fraction of sp³-hybridized carbons (Fsp3) is 0.250. The number of thiazole rings is 1. The predicted molar refractivity (Wildman–Crippen MR) is 119 cm³/mol. The van der Waals surface area contributed by atoms with E-state index in [0.29, 0.717) is 20.5 Å². The number of rotatable bonds is 5. The van der Waals surface area contributed by atoms with Gasteiger partial charge in [0.2, 0.25) is 0 Å². The van der Waals surface area contributed by atoms with Gasteiger partial charge in [-0.25, -0.2) is 4.39 Å². The molecule has 0 amide bonds. The van der Waals surface area contributed by atoms with Crippen molar-refractivity contribution in [3.05, 3.63) is 85.0 Å². The number of ketones is 1. The second-order valence-corrected chi connectivity index (χ2v) is 9.03. The molecule has 30 heavy (non-hydrogen) atoms. The highest BCUT2D eigenvalue weighted by Gasteiger charge is 2.19. The van der Waals surface area contributed by atoms with E-state index in [1.165, 1.54) is 28.0 Å². The van der Waals surface area contributed by atoms with Crippen LogP contribution in [-0.2, 0) is 11.3 Å². The van der Waals surface area contributed by atoms with Gasteiger partial charge in [0, 0.05) is 17.1 Å². The molecule has 2 aromatic carbocycles. The maximum atomic E-state index is 14.2. The molecule has 0 saturated carbocycles. The lowest BCUT2D eigenvalue weighted by Crippen LogP contribution is -2.33. The summed E-state index contributed by atoms with van der Waals surface area (Å²) in [4.78, 5) is 25.8. The lowest BCUT2D eigenvalue weighted by Gasteiger charge is -2.13. The van der Waals surface area contributed by atoms with Gasteiger partial charge in [-0.05, 0) is 29.8 Å². The minimum absolute atomic E-state index is 0.0528. The van der Waals surface area contributed by atoms with Crippen LogP contribution in [0.4, 0.5) is 4.39 Å². The van der Waals surface area contributed by atoms with Crippen LogP contribution < -0.4 is 19.5 Å². The van der Waals surface area contributed by atoms with E-state index in [1.54, 1.807) is 31.4 Å². The highest BCUT2D eigenvalue weighted by atomic mass is 32.1. The molecule has 0 atom stereocenters. The number of carbonyl (C=O) groups is 1. The molecule has 0 bridgehead atoms. The Morgan fingerprint density at radius 3 is 2.57 bits per heavy atom. The molecule has 0 spiro atoms. The Morgan fingerprint density at radius 1 is 1.17 bits per heavy atom. The van der Waals surface area contributed by atoms with E-state index in [4.69, 9.17) is 4.74 Å². The number of methoxy groups -OCH3 is 1. The second kappa shape index (κ2) is 8.79. The third-order valence-electron chi connectivity index (χ3n) is 4.61. The number of hydrogen-bond donors (Lipinski definition) is 0.